The number of hydrogen-bond acceptors (Lipinski definition) is 4. The molecule has 5 nitrogen and oxygen atoms in total. The van der Waals surface area contributed by atoms with E-state index in [1.165, 1.54) is 0 Å². The normalized spacial score (nSPS) is 26.6. The highest BCUT2D eigenvalue weighted by molar-refractivity contribution is 5.79. The summed E-state index contributed by atoms with van der Waals surface area (Å²) in [6, 6.07) is 0.459. The molecule has 0 heterocycles. The molecule has 1 fully saturated rings. The largest absolute Gasteiger partial charge is 0.480 e. The Morgan fingerprint density at radius 2 is 2.20 bits per heavy atom. The van der Waals surface area contributed by atoms with Gasteiger partial charge in [0.1, 0.15) is 5.54 Å². The molecule has 20 heavy (non-hydrogen) atoms. The van der Waals surface area contributed by atoms with Crippen LogP contribution in [0.4, 0.5) is 0 Å². The molecule has 2 unspecified atom stereocenters. The highest BCUT2D eigenvalue weighted by Crippen LogP contribution is 2.38. The van der Waals surface area contributed by atoms with Crippen LogP contribution < -0.4 is 5.32 Å². The van der Waals surface area contributed by atoms with Gasteiger partial charge in [-0.3, -0.25) is 9.69 Å². The maximum Gasteiger partial charge on any atom is 0.324 e. The summed E-state index contributed by atoms with van der Waals surface area (Å²) < 4.78 is 5.15. The van der Waals surface area contributed by atoms with Gasteiger partial charge in [0.15, 0.2) is 0 Å². The van der Waals surface area contributed by atoms with E-state index in [-0.39, 0.29) is 5.92 Å². The molecule has 1 aliphatic carbocycles. The van der Waals surface area contributed by atoms with Crippen LogP contribution in [0, 0.1) is 5.92 Å². The molecule has 0 aromatic heterocycles. The predicted molar refractivity (Wildman–Crippen MR) is 80.0 cm³/mol. The Morgan fingerprint density at radius 1 is 1.50 bits per heavy atom. The van der Waals surface area contributed by atoms with Crippen LogP contribution >= 0.6 is 0 Å². The number of likely N-dealkylation sites (N-methyl/N-ethyl adjacent to an activating group) is 1. The van der Waals surface area contributed by atoms with Gasteiger partial charge in [-0.25, -0.2) is 0 Å². The summed E-state index contributed by atoms with van der Waals surface area (Å²) in [5.74, 6) is -0.482. The fourth-order valence-electron chi connectivity index (χ4n) is 3.34. The first-order valence-electron chi connectivity index (χ1n) is 7.63. The second-order valence-electron chi connectivity index (χ2n) is 6.03. The van der Waals surface area contributed by atoms with E-state index in [0.29, 0.717) is 6.04 Å². The van der Waals surface area contributed by atoms with Crippen LogP contribution in [0.15, 0.2) is 0 Å². The molecule has 0 amide bonds. The van der Waals surface area contributed by atoms with Gasteiger partial charge in [-0.15, -0.1) is 0 Å². The van der Waals surface area contributed by atoms with Crippen LogP contribution in [0.25, 0.3) is 0 Å². The Kier molecular flexibility index (Phi) is 6.92. The number of nitrogens with one attached hydrogen (secondary N) is 1. The van der Waals surface area contributed by atoms with Crippen LogP contribution in [-0.4, -0.2) is 61.4 Å². The van der Waals surface area contributed by atoms with Gasteiger partial charge in [-0.1, -0.05) is 6.42 Å². The number of hydrogen-bond donors (Lipinski definition) is 2. The molecule has 0 radical (unpaired) electrons. The first-order chi connectivity index (χ1) is 9.47. The van der Waals surface area contributed by atoms with E-state index in [4.69, 9.17) is 4.74 Å². The van der Waals surface area contributed by atoms with Crippen LogP contribution in [0.5, 0.6) is 0 Å². The van der Waals surface area contributed by atoms with Gasteiger partial charge in [0.05, 0.1) is 6.61 Å². The first kappa shape index (κ1) is 17.4. The highest BCUT2D eigenvalue weighted by Gasteiger charge is 2.47. The fraction of sp³-hybridized carbons (Fsp3) is 0.933. The topological polar surface area (TPSA) is 61.8 Å². The molecule has 0 aromatic rings. The Bertz CT molecular complexity index is 309. The number of aliphatic carboxylic acids is 1. The third kappa shape index (κ3) is 3.93. The minimum Gasteiger partial charge on any atom is -0.480 e. The van der Waals surface area contributed by atoms with E-state index < -0.39 is 11.5 Å². The van der Waals surface area contributed by atoms with Crippen LogP contribution in [0.1, 0.15) is 39.5 Å². The molecule has 0 saturated heterocycles. The SMILES string of the molecule is CNC1(C(=O)O)CCCC1CCN(CCOC)C(C)C. The maximum absolute atomic E-state index is 11.6. The summed E-state index contributed by atoms with van der Waals surface area (Å²) in [5.41, 5.74) is -0.718. The second kappa shape index (κ2) is 7.96. The third-order valence-corrected chi connectivity index (χ3v) is 4.73. The molecule has 2 atom stereocenters. The number of carboxylic acids is 1. The lowest BCUT2D eigenvalue weighted by Gasteiger charge is -2.33. The van der Waals surface area contributed by atoms with Crippen molar-refractivity contribution in [3.63, 3.8) is 0 Å². The van der Waals surface area contributed by atoms with E-state index in [0.717, 1.165) is 45.4 Å². The van der Waals surface area contributed by atoms with E-state index in [9.17, 15) is 9.90 Å². The standard InChI is InChI=1S/C15H30N2O3/c1-12(2)17(10-11-20-4)9-7-13-6-5-8-15(13,16-3)14(18)19/h12-13,16H,5-11H2,1-4H3,(H,18,19). The fourth-order valence-corrected chi connectivity index (χ4v) is 3.34. The van der Waals surface area contributed by atoms with Crippen LogP contribution in [-0.2, 0) is 9.53 Å². The van der Waals surface area contributed by atoms with Gasteiger partial charge in [-0.05, 0) is 52.6 Å². The van der Waals surface area contributed by atoms with E-state index >= 15 is 0 Å². The minimum absolute atomic E-state index is 0.216. The molecule has 0 aromatic carbocycles. The smallest absolute Gasteiger partial charge is 0.324 e. The zero-order valence-corrected chi connectivity index (χ0v) is 13.3. The minimum atomic E-state index is -0.718. The number of ether oxygens (including phenoxy) is 1. The molecule has 1 rings (SSSR count). The molecule has 1 saturated carbocycles. The molecule has 5 heteroatoms. The van der Waals surface area contributed by atoms with Gasteiger partial charge >= 0.3 is 5.97 Å². The number of rotatable bonds is 9. The second-order valence-corrected chi connectivity index (χ2v) is 6.03. The molecule has 118 valence electrons. The molecule has 0 spiro atoms. The lowest BCUT2D eigenvalue weighted by Crippen LogP contribution is -2.53. The summed E-state index contributed by atoms with van der Waals surface area (Å²) in [5, 5.41) is 12.6. The van der Waals surface area contributed by atoms with Crippen molar-refractivity contribution in [3.05, 3.63) is 0 Å². The van der Waals surface area contributed by atoms with Crippen molar-refractivity contribution >= 4 is 5.97 Å². The summed E-state index contributed by atoms with van der Waals surface area (Å²) in [7, 11) is 3.49. The zero-order valence-electron chi connectivity index (χ0n) is 13.3. The summed E-state index contributed by atoms with van der Waals surface area (Å²) >= 11 is 0. The van der Waals surface area contributed by atoms with Crippen molar-refractivity contribution in [1.29, 1.82) is 0 Å². The Balaban J connectivity index is 2.59. The van der Waals surface area contributed by atoms with Crippen molar-refractivity contribution in [3.8, 4) is 0 Å². The first-order valence-corrected chi connectivity index (χ1v) is 7.63. The molecule has 0 aliphatic heterocycles. The third-order valence-electron chi connectivity index (χ3n) is 4.73. The lowest BCUT2D eigenvalue weighted by molar-refractivity contribution is -0.146. The van der Waals surface area contributed by atoms with Crippen molar-refractivity contribution in [2.75, 3.05) is 33.9 Å². The maximum atomic E-state index is 11.6. The van der Waals surface area contributed by atoms with Crippen LogP contribution in [0.2, 0.25) is 0 Å². The lowest BCUT2D eigenvalue weighted by atomic mass is 9.84. The molecular formula is C15H30N2O3. The van der Waals surface area contributed by atoms with Crippen molar-refractivity contribution in [2.24, 2.45) is 5.92 Å². The Hall–Kier alpha value is -0.650. The van der Waals surface area contributed by atoms with Gasteiger partial charge in [0, 0.05) is 19.7 Å². The highest BCUT2D eigenvalue weighted by atomic mass is 16.5. The molecule has 2 N–H and O–H groups in total. The quantitative estimate of drug-likeness (QED) is 0.674. The van der Waals surface area contributed by atoms with Crippen LogP contribution in [0.3, 0.4) is 0 Å². The monoisotopic (exact) mass is 286 g/mol. The molecule has 0 bridgehead atoms. The van der Waals surface area contributed by atoms with Gasteiger partial charge in [0.25, 0.3) is 0 Å². The zero-order chi connectivity index (χ0) is 15.2. The summed E-state index contributed by atoms with van der Waals surface area (Å²) in [6.45, 7) is 6.90. The van der Waals surface area contributed by atoms with Gasteiger partial charge in [-0.2, -0.15) is 0 Å². The average molecular weight is 286 g/mol. The van der Waals surface area contributed by atoms with Crippen molar-refractivity contribution < 1.29 is 14.6 Å². The average Bonchev–Trinajstić information content (AvgIpc) is 2.82. The van der Waals surface area contributed by atoms with E-state index in [1.807, 2.05) is 0 Å². The number of methoxy groups -OCH3 is 1. The summed E-state index contributed by atoms with van der Waals surface area (Å²) in [6.07, 6.45) is 3.67. The van der Waals surface area contributed by atoms with Crippen molar-refractivity contribution in [1.82, 2.24) is 10.2 Å². The van der Waals surface area contributed by atoms with E-state index in [1.54, 1.807) is 14.2 Å². The Morgan fingerprint density at radius 3 is 2.70 bits per heavy atom. The van der Waals surface area contributed by atoms with Crippen molar-refractivity contribution in [2.45, 2.75) is 51.1 Å². The number of nitrogens with zero attached hydrogens (tertiary/aromatic N) is 1. The number of carbonyl (C=O) groups is 1. The molecule has 1 aliphatic rings. The van der Waals surface area contributed by atoms with Gasteiger partial charge in [0.2, 0.25) is 0 Å². The van der Waals surface area contributed by atoms with Gasteiger partial charge < -0.3 is 15.2 Å². The predicted octanol–water partition coefficient (Wildman–Crippen LogP) is 1.58. The molecular weight excluding hydrogens is 256 g/mol. The van der Waals surface area contributed by atoms with E-state index in [2.05, 4.69) is 24.1 Å². The Labute approximate surface area is 122 Å². The number of carboxylic acid groups (broad SMARTS) is 1. The summed E-state index contributed by atoms with van der Waals surface area (Å²) in [4.78, 5) is 14.0.